The molecule has 0 spiro atoms. The Morgan fingerprint density at radius 3 is 2.58 bits per heavy atom. The summed E-state index contributed by atoms with van der Waals surface area (Å²) >= 11 is 0. The van der Waals surface area contributed by atoms with Crippen molar-refractivity contribution < 1.29 is 4.74 Å². The molecule has 1 aromatic heterocycles. The lowest BCUT2D eigenvalue weighted by Crippen LogP contribution is -2.03. The lowest BCUT2D eigenvalue weighted by atomic mass is 10.2. The number of benzene rings is 2. The van der Waals surface area contributed by atoms with E-state index in [0.717, 1.165) is 28.3 Å². The number of aromatic nitrogens is 3. The molecule has 0 saturated heterocycles. The maximum Gasteiger partial charge on any atom is 0.249 e. The second-order valence-corrected chi connectivity index (χ2v) is 5.49. The monoisotopic (exact) mass is 321 g/mol. The van der Waals surface area contributed by atoms with E-state index in [0.29, 0.717) is 11.8 Å². The van der Waals surface area contributed by atoms with Crippen molar-refractivity contribution >= 4 is 23.1 Å². The van der Waals surface area contributed by atoms with Crippen molar-refractivity contribution in [1.29, 1.82) is 0 Å². The van der Waals surface area contributed by atoms with Gasteiger partial charge in [0.05, 0.1) is 19.0 Å². The normalized spacial score (nSPS) is 10.3. The first kappa shape index (κ1) is 15.7. The van der Waals surface area contributed by atoms with Gasteiger partial charge in [0.1, 0.15) is 5.75 Å². The fourth-order valence-corrected chi connectivity index (χ4v) is 2.33. The van der Waals surface area contributed by atoms with Gasteiger partial charge in [-0.25, -0.2) is 0 Å². The molecule has 1 heterocycles. The summed E-state index contributed by atoms with van der Waals surface area (Å²) in [5, 5.41) is 14.4. The Labute approximate surface area is 140 Å². The van der Waals surface area contributed by atoms with Crippen LogP contribution in [0, 0.1) is 13.8 Å². The molecule has 0 aliphatic carbocycles. The fraction of sp³-hybridized carbons (Fsp3) is 0.167. The molecule has 2 N–H and O–H groups in total. The molecule has 0 aliphatic rings. The van der Waals surface area contributed by atoms with E-state index in [1.54, 1.807) is 13.3 Å². The lowest BCUT2D eigenvalue weighted by Gasteiger charge is -2.12. The van der Waals surface area contributed by atoms with Crippen LogP contribution in [-0.4, -0.2) is 22.3 Å². The molecular weight excluding hydrogens is 302 g/mol. The zero-order valence-electron chi connectivity index (χ0n) is 13.9. The number of hydrogen-bond acceptors (Lipinski definition) is 6. The first-order valence-electron chi connectivity index (χ1n) is 7.59. The van der Waals surface area contributed by atoms with E-state index in [1.165, 1.54) is 0 Å². The summed E-state index contributed by atoms with van der Waals surface area (Å²) in [5.41, 5.74) is 4.03. The summed E-state index contributed by atoms with van der Waals surface area (Å²) in [6.07, 6.45) is 1.57. The molecule has 3 rings (SSSR count). The molecule has 6 nitrogen and oxygen atoms in total. The van der Waals surface area contributed by atoms with Crippen LogP contribution in [0.1, 0.15) is 11.1 Å². The molecular formula is C18H19N5O. The largest absolute Gasteiger partial charge is 0.495 e. The van der Waals surface area contributed by atoms with Gasteiger partial charge in [-0.3, -0.25) is 0 Å². The van der Waals surface area contributed by atoms with Gasteiger partial charge >= 0.3 is 0 Å². The molecule has 0 radical (unpaired) electrons. The van der Waals surface area contributed by atoms with Gasteiger partial charge in [0.25, 0.3) is 0 Å². The molecule has 6 heteroatoms. The number of rotatable bonds is 5. The van der Waals surface area contributed by atoms with Crippen molar-refractivity contribution in [1.82, 2.24) is 15.2 Å². The molecule has 0 aliphatic heterocycles. The number of ether oxygens (including phenoxy) is 1. The van der Waals surface area contributed by atoms with Crippen LogP contribution < -0.4 is 15.4 Å². The van der Waals surface area contributed by atoms with E-state index >= 15 is 0 Å². The minimum Gasteiger partial charge on any atom is -0.495 e. The summed E-state index contributed by atoms with van der Waals surface area (Å²) in [6, 6.07) is 13.9. The third-order valence-corrected chi connectivity index (χ3v) is 3.45. The number of anilines is 4. The lowest BCUT2D eigenvalue weighted by molar-refractivity contribution is 0.416. The van der Waals surface area contributed by atoms with Gasteiger partial charge in [-0.05, 0) is 49.2 Å². The van der Waals surface area contributed by atoms with Crippen molar-refractivity contribution in [3.05, 3.63) is 59.8 Å². The van der Waals surface area contributed by atoms with E-state index in [-0.39, 0.29) is 0 Å². The van der Waals surface area contributed by atoms with Gasteiger partial charge in [-0.1, -0.05) is 18.2 Å². The summed E-state index contributed by atoms with van der Waals surface area (Å²) in [7, 11) is 1.64. The number of aryl methyl sites for hydroxylation is 2. The highest BCUT2D eigenvalue weighted by Crippen LogP contribution is 2.28. The van der Waals surface area contributed by atoms with Crippen LogP contribution >= 0.6 is 0 Å². The molecule has 24 heavy (non-hydrogen) atoms. The topological polar surface area (TPSA) is 72.0 Å². The van der Waals surface area contributed by atoms with Gasteiger partial charge in [-0.15, -0.1) is 5.10 Å². The SMILES string of the molecule is COc1ccc(C)cc1Nc1cnnc(Nc2cccc(C)c2)n1. The van der Waals surface area contributed by atoms with Gasteiger partial charge < -0.3 is 15.4 Å². The second-order valence-electron chi connectivity index (χ2n) is 5.49. The van der Waals surface area contributed by atoms with E-state index in [2.05, 4.69) is 25.8 Å². The summed E-state index contributed by atoms with van der Waals surface area (Å²) in [6.45, 7) is 4.06. The average Bonchev–Trinajstić information content (AvgIpc) is 2.55. The third-order valence-electron chi connectivity index (χ3n) is 3.45. The Bertz CT molecular complexity index is 850. The van der Waals surface area contributed by atoms with Crippen LogP contribution in [0.3, 0.4) is 0 Å². The zero-order chi connectivity index (χ0) is 16.9. The Morgan fingerprint density at radius 1 is 0.958 bits per heavy atom. The highest BCUT2D eigenvalue weighted by molar-refractivity contribution is 5.65. The van der Waals surface area contributed by atoms with Gasteiger partial charge in [0, 0.05) is 5.69 Å². The van der Waals surface area contributed by atoms with E-state index < -0.39 is 0 Å². The first-order valence-corrected chi connectivity index (χ1v) is 7.59. The van der Waals surface area contributed by atoms with Gasteiger partial charge in [0.15, 0.2) is 5.82 Å². The van der Waals surface area contributed by atoms with E-state index in [4.69, 9.17) is 4.74 Å². The molecule has 0 fully saturated rings. The average molecular weight is 321 g/mol. The van der Waals surface area contributed by atoms with Crippen LogP contribution in [-0.2, 0) is 0 Å². The molecule has 3 aromatic rings. The second kappa shape index (κ2) is 6.95. The van der Waals surface area contributed by atoms with Crippen LogP contribution in [0.15, 0.2) is 48.7 Å². The maximum absolute atomic E-state index is 5.37. The van der Waals surface area contributed by atoms with Gasteiger partial charge in [-0.2, -0.15) is 10.1 Å². The highest BCUT2D eigenvalue weighted by Gasteiger charge is 2.06. The maximum atomic E-state index is 5.37. The van der Waals surface area contributed by atoms with Crippen molar-refractivity contribution in [3.63, 3.8) is 0 Å². The zero-order valence-corrected chi connectivity index (χ0v) is 13.9. The Balaban J connectivity index is 1.82. The van der Waals surface area contributed by atoms with Crippen molar-refractivity contribution in [2.45, 2.75) is 13.8 Å². The smallest absolute Gasteiger partial charge is 0.249 e. The first-order chi connectivity index (χ1) is 11.6. The van der Waals surface area contributed by atoms with Crippen LogP contribution in [0.4, 0.5) is 23.1 Å². The van der Waals surface area contributed by atoms with E-state index in [9.17, 15) is 0 Å². The number of hydrogen-bond donors (Lipinski definition) is 2. The minimum atomic E-state index is 0.428. The Kier molecular flexibility index (Phi) is 4.56. The number of nitrogens with zero attached hydrogens (tertiary/aromatic N) is 3. The number of methoxy groups -OCH3 is 1. The Morgan fingerprint density at radius 2 is 1.79 bits per heavy atom. The molecule has 0 amide bonds. The van der Waals surface area contributed by atoms with Gasteiger partial charge in [0.2, 0.25) is 5.95 Å². The third kappa shape index (κ3) is 3.78. The summed E-state index contributed by atoms with van der Waals surface area (Å²) in [4.78, 5) is 4.45. The standard InChI is InChI=1S/C18H19N5O/c1-12-5-4-6-14(9-12)20-18-22-17(11-19-23-18)21-15-10-13(2)7-8-16(15)24-3/h4-11H,1-3H3,(H2,20,21,22,23). The predicted molar refractivity (Wildman–Crippen MR) is 95.3 cm³/mol. The molecule has 0 bridgehead atoms. The predicted octanol–water partition coefficient (Wildman–Crippen LogP) is 3.98. The summed E-state index contributed by atoms with van der Waals surface area (Å²) < 4.78 is 5.37. The minimum absolute atomic E-state index is 0.428. The fourth-order valence-electron chi connectivity index (χ4n) is 2.33. The van der Waals surface area contributed by atoms with E-state index in [1.807, 2.05) is 56.3 Å². The number of nitrogens with one attached hydrogen (secondary N) is 2. The van der Waals surface area contributed by atoms with Crippen LogP contribution in [0.5, 0.6) is 5.75 Å². The quantitative estimate of drug-likeness (QED) is 0.740. The highest BCUT2D eigenvalue weighted by atomic mass is 16.5. The molecule has 0 atom stereocenters. The molecule has 0 saturated carbocycles. The van der Waals surface area contributed by atoms with Crippen molar-refractivity contribution in [3.8, 4) is 5.75 Å². The molecule has 0 unspecified atom stereocenters. The van der Waals surface area contributed by atoms with Crippen LogP contribution in [0.25, 0.3) is 0 Å². The van der Waals surface area contributed by atoms with Crippen molar-refractivity contribution in [2.75, 3.05) is 17.7 Å². The molecule has 122 valence electrons. The Hall–Kier alpha value is -3.15. The molecule has 2 aromatic carbocycles. The van der Waals surface area contributed by atoms with Crippen LogP contribution in [0.2, 0.25) is 0 Å². The summed E-state index contributed by atoms with van der Waals surface area (Å²) in [5.74, 6) is 1.76. The van der Waals surface area contributed by atoms with Crippen molar-refractivity contribution in [2.24, 2.45) is 0 Å².